The predicted octanol–water partition coefficient (Wildman–Crippen LogP) is 4.30. The van der Waals surface area contributed by atoms with Crippen LogP contribution in [0.25, 0.3) is 0 Å². The number of thioether (sulfide) groups is 1. The van der Waals surface area contributed by atoms with Crippen LogP contribution in [-0.2, 0) is 12.2 Å². The van der Waals surface area contributed by atoms with E-state index in [1.54, 1.807) is 26.4 Å². The number of hydrogen-bond acceptors (Lipinski definition) is 6. The summed E-state index contributed by atoms with van der Waals surface area (Å²) in [4.78, 5) is 19.7. The van der Waals surface area contributed by atoms with Crippen molar-refractivity contribution in [2.24, 2.45) is 0 Å². The first kappa shape index (κ1) is 21.0. The molecule has 1 N–H and O–H groups in total. The number of nitrogens with zero attached hydrogens (tertiary/aromatic N) is 2. The first-order valence-electron chi connectivity index (χ1n) is 8.65. The van der Waals surface area contributed by atoms with Gasteiger partial charge in [-0.2, -0.15) is 5.26 Å². The maximum Gasteiger partial charge on any atom is 0.266 e. The lowest BCUT2D eigenvalue weighted by atomic mass is 10.1. The number of aromatic amines is 1. The Morgan fingerprint density at radius 1 is 1.10 bits per heavy atom. The van der Waals surface area contributed by atoms with Crippen LogP contribution in [0.3, 0.4) is 0 Å². The summed E-state index contributed by atoms with van der Waals surface area (Å²) >= 11 is 4.78. The summed E-state index contributed by atoms with van der Waals surface area (Å²) < 4.78 is 11.0. The third kappa shape index (κ3) is 5.19. The van der Waals surface area contributed by atoms with Crippen molar-refractivity contribution in [3.8, 4) is 17.6 Å². The van der Waals surface area contributed by atoms with Crippen LogP contribution in [0, 0.1) is 11.3 Å². The van der Waals surface area contributed by atoms with Crippen LogP contribution < -0.4 is 15.0 Å². The Bertz CT molecular complexity index is 1110. The fourth-order valence-corrected chi connectivity index (χ4v) is 3.84. The van der Waals surface area contributed by atoms with Gasteiger partial charge in [0.2, 0.25) is 0 Å². The second-order valence-electron chi connectivity index (χ2n) is 6.10. The molecule has 1 aromatic heterocycles. The van der Waals surface area contributed by atoms with Gasteiger partial charge in [-0.1, -0.05) is 30.0 Å². The van der Waals surface area contributed by atoms with E-state index in [0.29, 0.717) is 44.6 Å². The van der Waals surface area contributed by atoms with Crippen LogP contribution >= 0.6 is 27.7 Å². The summed E-state index contributed by atoms with van der Waals surface area (Å²) in [7, 11) is 3.17. The highest BCUT2D eigenvalue weighted by molar-refractivity contribution is 9.10. The molecule has 3 aromatic rings. The third-order valence-corrected chi connectivity index (χ3v) is 5.95. The van der Waals surface area contributed by atoms with Crippen molar-refractivity contribution in [2.75, 3.05) is 14.2 Å². The molecular formula is C21H18BrN3O3S. The van der Waals surface area contributed by atoms with Crippen LogP contribution in [-0.4, -0.2) is 24.2 Å². The average Bonchev–Trinajstić information content (AvgIpc) is 2.75. The number of nitrogens with one attached hydrogen (secondary N) is 1. The molecule has 8 heteroatoms. The largest absolute Gasteiger partial charge is 0.493 e. The SMILES string of the molecule is COc1ccc(Cc2nc(SCc3ccc(C#N)cc3)[nH]c(=O)c2Br)cc1OC. The fraction of sp³-hybridized carbons (Fsp3) is 0.190. The van der Waals surface area contributed by atoms with E-state index in [-0.39, 0.29) is 5.56 Å². The molecule has 0 fully saturated rings. The van der Waals surface area contributed by atoms with E-state index in [2.05, 4.69) is 32.0 Å². The molecule has 0 unspecified atom stereocenters. The van der Waals surface area contributed by atoms with E-state index in [0.717, 1.165) is 11.1 Å². The number of hydrogen-bond donors (Lipinski definition) is 1. The Kier molecular flexibility index (Phi) is 6.96. The van der Waals surface area contributed by atoms with Gasteiger partial charge < -0.3 is 14.5 Å². The summed E-state index contributed by atoms with van der Waals surface area (Å²) in [5, 5.41) is 9.42. The van der Waals surface area contributed by atoms with E-state index in [9.17, 15) is 4.79 Å². The Hall–Kier alpha value is -2.76. The van der Waals surface area contributed by atoms with Crippen LogP contribution in [0.4, 0.5) is 0 Å². The van der Waals surface area contributed by atoms with Crippen molar-refractivity contribution < 1.29 is 9.47 Å². The highest BCUT2D eigenvalue weighted by Crippen LogP contribution is 2.29. The summed E-state index contributed by atoms with van der Waals surface area (Å²) in [6, 6.07) is 15.1. The molecule has 0 saturated heterocycles. The normalized spacial score (nSPS) is 10.4. The quantitative estimate of drug-likeness (QED) is 0.408. The molecule has 1 heterocycles. The topological polar surface area (TPSA) is 88.0 Å². The minimum atomic E-state index is -0.224. The minimum absolute atomic E-state index is 0.224. The highest BCUT2D eigenvalue weighted by Gasteiger charge is 2.12. The number of methoxy groups -OCH3 is 2. The standard InChI is InChI=1S/C21H18BrN3O3S/c1-27-17-8-7-15(10-18(17)28-2)9-16-19(22)20(26)25-21(24-16)29-12-14-5-3-13(11-23)4-6-14/h3-8,10H,9,12H2,1-2H3,(H,24,25,26). The summed E-state index contributed by atoms with van der Waals surface area (Å²) in [6.07, 6.45) is 0.468. The van der Waals surface area contributed by atoms with Crippen LogP contribution in [0.15, 0.2) is 56.9 Å². The lowest BCUT2D eigenvalue weighted by molar-refractivity contribution is 0.354. The van der Waals surface area contributed by atoms with E-state index < -0.39 is 0 Å². The smallest absolute Gasteiger partial charge is 0.266 e. The molecule has 0 aliphatic heterocycles. The van der Waals surface area contributed by atoms with Gasteiger partial charge in [0.25, 0.3) is 5.56 Å². The minimum Gasteiger partial charge on any atom is -0.493 e. The van der Waals surface area contributed by atoms with Crippen LogP contribution in [0.2, 0.25) is 0 Å². The Morgan fingerprint density at radius 2 is 1.79 bits per heavy atom. The van der Waals surface area contributed by atoms with Gasteiger partial charge in [0.05, 0.1) is 31.5 Å². The first-order valence-corrected chi connectivity index (χ1v) is 10.4. The molecule has 2 aromatic carbocycles. The Morgan fingerprint density at radius 3 is 2.45 bits per heavy atom. The number of rotatable bonds is 7. The van der Waals surface area contributed by atoms with Gasteiger partial charge in [0.1, 0.15) is 4.47 Å². The van der Waals surface area contributed by atoms with Gasteiger partial charge in [0.15, 0.2) is 16.7 Å². The molecule has 0 saturated carbocycles. The lowest BCUT2D eigenvalue weighted by Crippen LogP contribution is -2.13. The zero-order chi connectivity index (χ0) is 20.8. The van der Waals surface area contributed by atoms with Crippen LogP contribution in [0.1, 0.15) is 22.4 Å². The fourth-order valence-electron chi connectivity index (χ4n) is 2.68. The molecule has 29 heavy (non-hydrogen) atoms. The lowest BCUT2D eigenvalue weighted by Gasteiger charge is -2.10. The van der Waals surface area contributed by atoms with E-state index in [1.165, 1.54) is 11.8 Å². The zero-order valence-corrected chi connectivity index (χ0v) is 18.3. The molecule has 0 atom stereocenters. The van der Waals surface area contributed by atoms with Crippen LogP contribution in [0.5, 0.6) is 11.5 Å². The summed E-state index contributed by atoms with van der Waals surface area (Å²) in [5.74, 6) is 1.90. The molecule has 0 spiro atoms. The van der Waals surface area contributed by atoms with E-state index in [1.807, 2.05) is 30.3 Å². The summed E-state index contributed by atoms with van der Waals surface area (Å²) in [6.45, 7) is 0. The van der Waals surface area contributed by atoms with Crippen molar-refractivity contribution in [2.45, 2.75) is 17.3 Å². The second kappa shape index (κ2) is 9.63. The molecule has 3 rings (SSSR count). The molecule has 0 aliphatic carbocycles. The van der Waals surface area contributed by atoms with E-state index in [4.69, 9.17) is 14.7 Å². The van der Waals surface area contributed by atoms with Gasteiger partial charge in [0, 0.05) is 12.2 Å². The van der Waals surface area contributed by atoms with Gasteiger partial charge in [-0.25, -0.2) is 4.98 Å². The monoisotopic (exact) mass is 471 g/mol. The van der Waals surface area contributed by atoms with Gasteiger partial charge in [-0.15, -0.1) is 0 Å². The molecule has 0 amide bonds. The van der Waals surface area contributed by atoms with Crippen molar-refractivity contribution >= 4 is 27.7 Å². The number of aromatic nitrogens is 2. The maximum absolute atomic E-state index is 12.3. The molecule has 0 radical (unpaired) electrons. The Labute approximate surface area is 181 Å². The number of ether oxygens (including phenoxy) is 2. The third-order valence-electron chi connectivity index (χ3n) is 4.19. The molecule has 0 aliphatic rings. The number of nitriles is 1. The number of H-pyrrole nitrogens is 1. The number of halogens is 1. The number of benzene rings is 2. The molecule has 6 nitrogen and oxygen atoms in total. The second-order valence-corrected chi connectivity index (χ2v) is 7.85. The van der Waals surface area contributed by atoms with Gasteiger partial charge in [-0.3, -0.25) is 4.79 Å². The Balaban J connectivity index is 1.80. The maximum atomic E-state index is 12.3. The first-order chi connectivity index (χ1) is 14.0. The zero-order valence-electron chi connectivity index (χ0n) is 15.9. The molecular weight excluding hydrogens is 454 g/mol. The highest BCUT2D eigenvalue weighted by atomic mass is 79.9. The van der Waals surface area contributed by atoms with Gasteiger partial charge in [-0.05, 0) is 51.3 Å². The summed E-state index contributed by atoms with van der Waals surface area (Å²) in [5.41, 5.74) is 3.03. The van der Waals surface area contributed by atoms with Crippen molar-refractivity contribution in [1.82, 2.24) is 9.97 Å². The average molecular weight is 472 g/mol. The van der Waals surface area contributed by atoms with E-state index >= 15 is 0 Å². The van der Waals surface area contributed by atoms with Crippen molar-refractivity contribution in [1.29, 1.82) is 5.26 Å². The predicted molar refractivity (Wildman–Crippen MR) is 116 cm³/mol. The van der Waals surface area contributed by atoms with Gasteiger partial charge >= 0.3 is 0 Å². The van der Waals surface area contributed by atoms with Crippen molar-refractivity contribution in [3.05, 3.63) is 79.7 Å². The molecule has 148 valence electrons. The molecule has 0 bridgehead atoms. The van der Waals surface area contributed by atoms with Crippen molar-refractivity contribution in [3.63, 3.8) is 0 Å².